The average Bonchev–Trinajstić information content (AvgIpc) is 2.54. The lowest BCUT2D eigenvalue weighted by molar-refractivity contribution is 0.499. The van der Waals surface area contributed by atoms with Crippen LogP contribution in [0, 0.1) is 11.6 Å². The molecule has 1 unspecified atom stereocenters. The molecule has 0 aliphatic rings. The number of hydrogen-bond acceptors (Lipinski definition) is 3. The van der Waals surface area contributed by atoms with E-state index in [1.54, 1.807) is 18.2 Å². The zero-order chi connectivity index (χ0) is 17.3. The highest BCUT2D eigenvalue weighted by Crippen LogP contribution is 2.17. The summed E-state index contributed by atoms with van der Waals surface area (Å²) in [5, 5.41) is 4.06. The predicted molar refractivity (Wildman–Crippen MR) is 89.0 cm³/mol. The van der Waals surface area contributed by atoms with Crippen molar-refractivity contribution in [2.75, 3.05) is 0 Å². The van der Waals surface area contributed by atoms with Crippen molar-refractivity contribution in [3.63, 3.8) is 0 Å². The Morgan fingerprint density at radius 3 is 2.75 bits per heavy atom. The van der Waals surface area contributed by atoms with Gasteiger partial charge in [-0.15, -0.1) is 0 Å². The topological polar surface area (TPSA) is 57.8 Å². The number of halogens is 3. The van der Waals surface area contributed by atoms with Crippen LogP contribution in [-0.2, 0) is 6.54 Å². The standard InChI is InChI=1S/C17H14ClF2N3O/c1-9(10-2-5-13(19)14(20)6-10)21-8-16-22-15-7-11(18)3-4-12(15)17(24)23-16/h2-7,9,21H,8H2,1H3,(H,22,23,24). The van der Waals surface area contributed by atoms with Crippen molar-refractivity contribution >= 4 is 22.5 Å². The van der Waals surface area contributed by atoms with E-state index in [4.69, 9.17) is 11.6 Å². The van der Waals surface area contributed by atoms with Crippen molar-refractivity contribution in [3.05, 3.63) is 74.8 Å². The zero-order valence-corrected chi connectivity index (χ0v) is 13.5. The first-order valence-electron chi connectivity index (χ1n) is 7.31. The maximum Gasteiger partial charge on any atom is 0.258 e. The van der Waals surface area contributed by atoms with Crippen molar-refractivity contribution in [2.45, 2.75) is 19.5 Å². The van der Waals surface area contributed by atoms with Gasteiger partial charge in [-0.05, 0) is 42.8 Å². The van der Waals surface area contributed by atoms with E-state index < -0.39 is 11.6 Å². The van der Waals surface area contributed by atoms with Gasteiger partial charge < -0.3 is 10.3 Å². The quantitative estimate of drug-likeness (QED) is 0.755. The molecule has 3 aromatic rings. The van der Waals surface area contributed by atoms with E-state index >= 15 is 0 Å². The number of hydrogen-bond donors (Lipinski definition) is 2. The third kappa shape index (κ3) is 3.44. The van der Waals surface area contributed by atoms with Gasteiger partial charge in [-0.3, -0.25) is 4.79 Å². The van der Waals surface area contributed by atoms with Crippen molar-refractivity contribution in [2.24, 2.45) is 0 Å². The highest BCUT2D eigenvalue weighted by molar-refractivity contribution is 6.31. The SMILES string of the molecule is CC(NCc1nc2cc(Cl)ccc2c(=O)[nH]1)c1ccc(F)c(F)c1. The van der Waals surface area contributed by atoms with Gasteiger partial charge in [0.1, 0.15) is 5.82 Å². The highest BCUT2D eigenvalue weighted by Gasteiger charge is 2.10. The molecule has 1 atom stereocenters. The Labute approximate surface area is 141 Å². The molecule has 0 aliphatic carbocycles. The zero-order valence-electron chi connectivity index (χ0n) is 12.7. The number of rotatable bonds is 4. The van der Waals surface area contributed by atoms with Crippen LogP contribution in [0.2, 0.25) is 5.02 Å². The van der Waals surface area contributed by atoms with Gasteiger partial charge in [-0.1, -0.05) is 17.7 Å². The van der Waals surface area contributed by atoms with Gasteiger partial charge in [-0.2, -0.15) is 0 Å². The van der Waals surface area contributed by atoms with E-state index in [0.29, 0.717) is 27.3 Å². The van der Waals surface area contributed by atoms with E-state index in [1.807, 2.05) is 6.92 Å². The third-order valence-electron chi connectivity index (χ3n) is 3.74. The average molecular weight is 350 g/mol. The first-order chi connectivity index (χ1) is 11.4. The number of benzene rings is 2. The number of H-pyrrole nitrogens is 1. The van der Waals surface area contributed by atoms with Gasteiger partial charge in [-0.25, -0.2) is 13.8 Å². The van der Waals surface area contributed by atoms with E-state index in [1.165, 1.54) is 6.07 Å². The summed E-state index contributed by atoms with van der Waals surface area (Å²) < 4.78 is 26.3. The molecule has 1 aromatic heterocycles. The van der Waals surface area contributed by atoms with Gasteiger partial charge in [0.05, 0.1) is 17.4 Å². The Morgan fingerprint density at radius 2 is 2.00 bits per heavy atom. The third-order valence-corrected chi connectivity index (χ3v) is 3.97. The van der Waals surface area contributed by atoms with Crippen LogP contribution >= 0.6 is 11.6 Å². The lowest BCUT2D eigenvalue weighted by Crippen LogP contribution is -2.22. The maximum absolute atomic E-state index is 13.3. The molecule has 24 heavy (non-hydrogen) atoms. The number of nitrogens with one attached hydrogen (secondary N) is 2. The fourth-order valence-electron chi connectivity index (χ4n) is 2.39. The molecular formula is C17H14ClF2N3O. The molecule has 1 heterocycles. The summed E-state index contributed by atoms with van der Waals surface area (Å²) in [6.45, 7) is 2.07. The fraction of sp³-hybridized carbons (Fsp3) is 0.176. The van der Waals surface area contributed by atoms with Gasteiger partial charge in [0.25, 0.3) is 5.56 Å². The van der Waals surface area contributed by atoms with Crippen LogP contribution in [0.5, 0.6) is 0 Å². The summed E-state index contributed by atoms with van der Waals surface area (Å²) in [6, 6.07) is 8.35. The molecular weight excluding hydrogens is 336 g/mol. The van der Waals surface area contributed by atoms with Crippen molar-refractivity contribution in [1.82, 2.24) is 15.3 Å². The number of aromatic amines is 1. The molecule has 3 rings (SSSR count). The van der Waals surface area contributed by atoms with Crippen LogP contribution in [0.3, 0.4) is 0 Å². The fourth-order valence-corrected chi connectivity index (χ4v) is 2.56. The van der Waals surface area contributed by atoms with Crippen molar-refractivity contribution in [1.29, 1.82) is 0 Å². The second-order valence-electron chi connectivity index (χ2n) is 5.45. The first kappa shape index (κ1) is 16.5. The minimum Gasteiger partial charge on any atom is -0.309 e. The van der Waals surface area contributed by atoms with Gasteiger partial charge in [0.15, 0.2) is 11.6 Å². The monoisotopic (exact) mass is 349 g/mol. The number of aromatic nitrogens is 2. The molecule has 4 nitrogen and oxygen atoms in total. The van der Waals surface area contributed by atoms with E-state index in [-0.39, 0.29) is 18.1 Å². The summed E-state index contributed by atoms with van der Waals surface area (Å²) in [6.07, 6.45) is 0. The lowest BCUT2D eigenvalue weighted by Gasteiger charge is -2.14. The molecule has 7 heteroatoms. The van der Waals surface area contributed by atoms with Gasteiger partial charge in [0.2, 0.25) is 0 Å². The number of nitrogens with zero attached hydrogens (tertiary/aromatic N) is 1. The Hall–Kier alpha value is -2.31. The van der Waals surface area contributed by atoms with Crippen LogP contribution in [0.4, 0.5) is 8.78 Å². The minimum absolute atomic E-state index is 0.250. The van der Waals surface area contributed by atoms with Gasteiger partial charge in [0, 0.05) is 11.1 Å². The number of fused-ring (bicyclic) bond motifs is 1. The maximum atomic E-state index is 13.3. The van der Waals surface area contributed by atoms with Crippen LogP contribution in [0.15, 0.2) is 41.2 Å². The van der Waals surface area contributed by atoms with E-state index in [9.17, 15) is 13.6 Å². The molecule has 2 N–H and O–H groups in total. The Balaban J connectivity index is 1.79. The molecule has 0 saturated carbocycles. The molecule has 0 fully saturated rings. The second-order valence-corrected chi connectivity index (χ2v) is 5.89. The van der Waals surface area contributed by atoms with Crippen molar-refractivity contribution < 1.29 is 8.78 Å². The van der Waals surface area contributed by atoms with Crippen molar-refractivity contribution in [3.8, 4) is 0 Å². The van der Waals surface area contributed by atoms with Crippen LogP contribution in [0.25, 0.3) is 10.9 Å². The molecule has 0 aliphatic heterocycles. The molecule has 0 bridgehead atoms. The first-order valence-corrected chi connectivity index (χ1v) is 7.68. The normalized spacial score (nSPS) is 12.5. The molecule has 0 spiro atoms. The summed E-state index contributed by atoms with van der Waals surface area (Å²) >= 11 is 5.92. The summed E-state index contributed by atoms with van der Waals surface area (Å²) in [4.78, 5) is 19.1. The predicted octanol–water partition coefficient (Wildman–Crippen LogP) is 3.71. The molecule has 0 amide bonds. The second kappa shape index (κ2) is 6.67. The van der Waals surface area contributed by atoms with Crippen LogP contribution in [-0.4, -0.2) is 9.97 Å². The lowest BCUT2D eigenvalue weighted by atomic mass is 10.1. The summed E-state index contributed by atoms with van der Waals surface area (Å²) in [5.74, 6) is -1.35. The van der Waals surface area contributed by atoms with Gasteiger partial charge >= 0.3 is 0 Å². The summed E-state index contributed by atoms with van der Waals surface area (Å²) in [5.41, 5.74) is 0.845. The Bertz CT molecular complexity index is 958. The Kier molecular flexibility index (Phi) is 4.59. The molecule has 124 valence electrons. The Morgan fingerprint density at radius 1 is 1.21 bits per heavy atom. The smallest absolute Gasteiger partial charge is 0.258 e. The van der Waals surface area contributed by atoms with Crippen LogP contribution in [0.1, 0.15) is 24.4 Å². The molecule has 0 saturated heterocycles. The van der Waals surface area contributed by atoms with E-state index in [2.05, 4.69) is 15.3 Å². The largest absolute Gasteiger partial charge is 0.309 e. The molecule has 0 radical (unpaired) electrons. The van der Waals surface area contributed by atoms with E-state index in [0.717, 1.165) is 12.1 Å². The van der Waals surface area contributed by atoms with Crippen LogP contribution < -0.4 is 10.9 Å². The molecule has 2 aromatic carbocycles. The minimum atomic E-state index is -0.895. The summed E-state index contributed by atoms with van der Waals surface area (Å²) in [7, 11) is 0. The highest BCUT2D eigenvalue weighted by atomic mass is 35.5.